The maximum atomic E-state index is 13.0. The average molecular weight is 485 g/mol. The molecule has 2 fully saturated rings. The molecule has 0 aromatic heterocycles. The minimum Gasteiger partial charge on any atom is -0.325 e. The normalized spacial score (nSPS) is 22.5. The molecule has 1 saturated carbocycles. The molecule has 34 heavy (non-hydrogen) atoms. The molecule has 3 N–H and O–H groups in total. The van der Waals surface area contributed by atoms with E-state index >= 15 is 0 Å². The number of aryl methyl sites for hydroxylation is 1. The molecule has 2 atom stereocenters. The monoisotopic (exact) mass is 484 g/mol. The predicted molar refractivity (Wildman–Crippen MR) is 128 cm³/mol. The second-order valence-corrected chi connectivity index (χ2v) is 10.7. The number of imide groups is 1. The van der Waals surface area contributed by atoms with Gasteiger partial charge in [-0.25, -0.2) is 13.2 Å². The highest BCUT2D eigenvalue weighted by atomic mass is 32.2. The zero-order valence-corrected chi connectivity index (χ0v) is 19.9. The molecule has 180 valence electrons. The first-order valence-corrected chi connectivity index (χ1v) is 12.7. The van der Waals surface area contributed by atoms with Gasteiger partial charge in [0.1, 0.15) is 12.1 Å². The number of sulfonamides is 1. The van der Waals surface area contributed by atoms with Crippen LogP contribution in [0.1, 0.15) is 38.2 Å². The molecule has 1 aliphatic heterocycles. The Morgan fingerprint density at radius 1 is 1.06 bits per heavy atom. The van der Waals surface area contributed by atoms with Crippen molar-refractivity contribution < 1.29 is 22.8 Å². The topological polar surface area (TPSA) is 125 Å². The average Bonchev–Trinajstić information content (AvgIpc) is 3.02. The van der Waals surface area contributed by atoms with Crippen molar-refractivity contribution in [2.24, 2.45) is 5.92 Å². The van der Waals surface area contributed by atoms with Gasteiger partial charge in [0, 0.05) is 11.4 Å². The largest absolute Gasteiger partial charge is 0.325 e. The van der Waals surface area contributed by atoms with Crippen LogP contribution in [-0.4, -0.2) is 43.2 Å². The van der Waals surface area contributed by atoms with E-state index in [0.717, 1.165) is 29.7 Å². The van der Waals surface area contributed by atoms with Crippen molar-refractivity contribution >= 4 is 39.2 Å². The van der Waals surface area contributed by atoms with Gasteiger partial charge in [-0.1, -0.05) is 37.5 Å². The molecular formula is C24H28N4O5S. The molecule has 4 rings (SSSR count). The fourth-order valence-electron chi connectivity index (χ4n) is 4.54. The zero-order chi connectivity index (χ0) is 24.5. The van der Waals surface area contributed by atoms with Gasteiger partial charge in [-0.2, -0.15) is 0 Å². The summed E-state index contributed by atoms with van der Waals surface area (Å²) in [4.78, 5) is 39.1. The lowest BCUT2D eigenvalue weighted by Gasteiger charge is -2.36. The van der Waals surface area contributed by atoms with Crippen molar-refractivity contribution in [1.29, 1.82) is 0 Å². The van der Waals surface area contributed by atoms with Crippen molar-refractivity contribution in [2.75, 3.05) is 16.6 Å². The van der Waals surface area contributed by atoms with Crippen LogP contribution in [0.2, 0.25) is 0 Å². The van der Waals surface area contributed by atoms with E-state index in [0.29, 0.717) is 17.8 Å². The molecule has 10 heteroatoms. The molecule has 1 spiro atoms. The number of anilines is 2. The highest BCUT2D eigenvalue weighted by Gasteiger charge is 2.55. The molecule has 2 aromatic rings. The van der Waals surface area contributed by atoms with Crippen LogP contribution in [0.25, 0.3) is 0 Å². The number of hydrogen-bond acceptors (Lipinski definition) is 5. The van der Waals surface area contributed by atoms with Crippen molar-refractivity contribution in [3.8, 4) is 0 Å². The Bertz CT molecular complexity index is 1210. The third-order valence-corrected chi connectivity index (χ3v) is 7.95. The number of carbonyl (C=O) groups is 3. The molecule has 2 aliphatic rings. The van der Waals surface area contributed by atoms with Gasteiger partial charge in [-0.3, -0.25) is 19.2 Å². The quantitative estimate of drug-likeness (QED) is 0.543. The minimum atomic E-state index is -3.74. The third-order valence-electron chi connectivity index (χ3n) is 6.56. The van der Waals surface area contributed by atoms with E-state index in [4.69, 9.17) is 0 Å². The Labute approximate surface area is 199 Å². The van der Waals surface area contributed by atoms with E-state index in [2.05, 4.69) is 15.4 Å². The molecular weight excluding hydrogens is 456 g/mol. The van der Waals surface area contributed by atoms with Crippen LogP contribution in [0.15, 0.2) is 53.4 Å². The lowest BCUT2D eigenvalue weighted by Crippen LogP contribution is -2.54. The van der Waals surface area contributed by atoms with Crippen LogP contribution >= 0.6 is 0 Å². The van der Waals surface area contributed by atoms with E-state index in [1.54, 1.807) is 24.3 Å². The van der Waals surface area contributed by atoms with Crippen LogP contribution in [0.4, 0.5) is 16.2 Å². The second kappa shape index (κ2) is 9.09. The summed E-state index contributed by atoms with van der Waals surface area (Å²) < 4.78 is 27.5. The van der Waals surface area contributed by atoms with Crippen LogP contribution in [0.3, 0.4) is 0 Å². The summed E-state index contributed by atoms with van der Waals surface area (Å²) in [5, 5.41) is 5.48. The molecule has 0 radical (unpaired) electrons. The highest BCUT2D eigenvalue weighted by molar-refractivity contribution is 7.92. The Kier molecular flexibility index (Phi) is 6.35. The van der Waals surface area contributed by atoms with Gasteiger partial charge in [-0.05, 0) is 62.1 Å². The summed E-state index contributed by atoms with van der Waals surface area (Å²) in [6.07, 6.45) is 3.31. The van der Waals surface area contributed by atoms with Gasteiger partial charge in [0.15, 0.2) is 0 Å². The summed E-state index contributed by atoms with van der Waals surface area (Å²) in [6.45, 7) is 3.44. The van der Waals surface area contributed by atoms with Crippen LogP contribution in [-0.2, 0) is 19.6 Å². The van der Waals surface area contributed by atoms with E-state index in [1.807, 2.05) is 13.8 Å². The number of carbonyl (C=O) groups excluding carboxylic acids is 3. The lowest BCUT2D eigenvalue weighted by molar-refractivity contribution is -0.136. The SMILES string of the molecule is Cc1ccc(S(=O)(=O)Nc2ccc(NC(=O)CN3C(=O)N[C@@]4(CCCC[C@@H]4C)C3=O)cc2)cc1. The smallest absolute Gasteiger partial charge is 0.325 e. The number of nitrogens with one attached hydrogen (secondary N) is 3. The van der Waals surface area contributed by atoms with E-state index in [9.17, 15) is 22.8 Å². The van der Waals surface area contributed by atoms with Gasteiger partial charge in [0.05, 0.1) is 4.90 Å². The first kappa shape index (κ1) is 23.7. The molecule has 4 amide bonds. The van der Waals surface area contributed by atoms with Crippen molar-refractivity contribution in [3.63, 3.8) is 0 Å². The minimum absolute atomic E-state index is 0.0157. The Hall–Kier alpha value is -3.40. The first-order chi connectivity index (χ1) is 16.1. The van der Waals surface area contributed by atoms with E-state index in [-0.39, 0.29) is 23.3 Å². The maximum Gasteiger partial charge on any atom is 0.325 e. The molecule has 1 saturated heterocycles. The lowest BCUT2D eigenvalue weighted by atomic mass is 9.73. The number of rotatable bonds is 6. The molecule has 0 bridgehead atoms. The predicted octanol–water partition coefficient (Wildman–Crippen LogP) is 3.24. The molecule has 1 heterocycles. The Morgan fingerprint density at radius 3 is 2.35 bits per heavy atom. The van der Waals surface area contributed by atoms with Crippen LogP contribution in [0.5, 0.6) is 0 Å². The zero-order valence-electron chi connectivity index (χ0n) is 19.1. The Balaban J connectivity index is 1.37. The second-order valence-electron chi connectivity index (χ2n) is 8.98. The fraction of sp³-hybridized carbons (Fsp3) is 0.375. The van der Waals surface area contributed by atoms with Crippen LogP contribution in [0, 0.1) is 12.8 Å². The van der Waals surface area contributed by atoms with Gasteiger partial charge in [0.25, 0.3) is 15.9 Å². The van der Waals surface area contributed by atoms with Gasteiger partial charge in [0.2, 0.25) is 5.91 Å². The highest BCUT2D eigenvalue weighted by Crippen LogP contribution is 2.38. The summed E-state index contributed by atoms with van der Waals surface area (Å²) in [6, 6.07) is 12.1. The number of urea groups is 1. The maximum absolute atomic E-state index is 13.0. The summed E-state index contributed by atoms with van der Waals surface area (Å²) in [5.41, 5.74) is 0.791. The van der Waals surface area contributed by atoms with Gasteiger partial charge in [-0.15, -0.1) is 0 Å². The summed E-state index contributed by atoms with van der Waals surface area (Å²) in [5.74, 6) is -0.847. The third kappa shape index (κ3) is 4.63. The standard InChI is InChI=1S/C24H28N4O5S/c1-16-6-12-20(13-7-16)34(32,33)27-19-10-8-18(9-11-19)25-21(29)15-28-22(30)24(26-23(28)31)14-4-3-5-17(24)2/h6-13,17,27H,3-5,14-15H2,1-2H3,(H,25,29)(H,26,31)/t17-,24+/m0/s1. The van der Waals surface area contributed by atoms with E-state index < -0.39 is 27.5 Å². The summed E-state index contributed by atoms with van der Waals surface area (Å²) >= 11 is 0. The van der Waals surface area contributed by atoms with Crippen LogP contribution < -0.4 is 15.4 Å². The fourth-order valence-corrected chi connectivity index (χ4v) is 5.59. The molecule has 1 aliphatic carbocycles. The summed E-state index contributed by atoms with van der Waals surface area (Å²) in [7, 11) is -3.74. The first-order valence-electron chi connectivity index (χ1n) is 11.2. The Morgan fingerprint density at radius 2 is 1.71 bits per heavy atom. The van der Waals surface area contributed by atoms with E-state index in [1.165, 1.54) is 24.3 Å². The number of benzene rings is 2. The molecule has 9 nitrogen and oxygen atoms in total. The molecule has 0 unspecified atom stereocenters. The van der Waals surface area contributed by atoms with Crippen molar-refractivity contribution in [1.82, 2.24) is 10.2 Å². The van der Waals surface area contributed by atoms with Crippen molar-refractivity contribution in [2.45, 2.75) is 50.0 Å². The number of nitrogens with zero attached hydrogens (tertiary/aromatic N) is 1. The number of hydrogen-bond donors (Lipinski definition) is 3. The van der Waals surface area contributed by atoms with Gasteiger partial charge >= 0.3 is 6.03 Å². The van der Waals surface area contributed by atoms with Gasteiger partial charge < -0.3 is 10.6 Å². The number of amides is 4. The molecule has 2 aromatic carbocycles. The van der Waals surface area contributed by atoms with Crippen molar-refractivity contribution in [3.05, 3.63) is 54.1 Å².